The Labute approximate surface area is 125 Å². The number of hydrogen-bond donors (Lipinski definition) is 0. The highest BCUT2D eigenvalue weighted by Crippen LogP contribution is 2.25. The Kier molecular flexibility index (Phi) is 5.06. The molecule has 1 atom stereocenters. The van der Waals surface area contributed by atoms with E-state index in [0.717, 1.165) is 16.7 Å². The second kappa shape index (κ2) is 6.99. The molecular weight excluding hydrogens is 264 g/mol. The minimum atomic E-state index is -0.227. The third kappa shape index (κ3) is 3.89. The van der Waals surface area contributed by atoms with Crippen LogP contribution in [0.25, 0.3) is 11.1 Å². The van der Waals surface area contributed by atoms with Crippen molar-refractivity contribution in [2.75, 3.05) is 20.7 Å². The fraction of sp³-hybridized carbons (Fsp3) is 0.294. The molecule has 0 bridgehead atoms. The topological polar surface area (TPSA) is 42.4 Å². The maximum atomic E-state index is 11.4. The molecule has 0 saturated heterocycles. The molecule has 0 spiro atoms. The Morgan fingerprint density at radius 2 is 1.95 bits per heavy atom. The smallest absolute Gasteiger partial charge is 0.319 e. The average molecular weight is 284 g/mol. The molecule has 0 aliphatic carbocycles. The zero-order valence-electron chi connectivity index (χ0n) is 12.6. The number of pyridine rings is 1. The van der Waals surface area contributed by atoms with Crippen molar-refractivity contribution in [3.63, 3.8) is 0 Å². The van der Waals surface area contributed by atoms with Crippen molar-refractivity contribution < 1.29 is 9.53 Å². The Bertz CT molecular complexity index is 599. The second-order valence-corrected chi connectivity index (χ2v) is 5.03. The van der Waals surface area contributed by atoms with Crippen molar-refractivity contribution in [3.05, 3.63) is 54.4 Å². The van der Waals surface area contributed by atoms with Crippen LogP contribution in [0.1, 0.15) is 18.5 Å². The van der Waals surface area contributed by atoms with Crippen molar-refractivity contribution >= 4 is 5.97 Å². The molecule has 1 aromatic carbocycles. The molecule has 0 unspecified atom stereocenters. The summed E-state index contributed by atoms with van der Waals surface area (Å²) in [6.45, 7) is 2.35. The summed E-state index contributed by atoms with van der Waals surface area (Å²) in [7, 11) is 3.32. The molecule has 1 heterocycles. The largest absolute Gasteiger partial charge is 0.468 e. The van der Waals surface area contributed by atoms with Gasteiger partial charge in [0.2, 0.25) is 0 Å². The molecule has 1 aromatic heterocycles. The van der Waals surface area contributed by atoms with Crippen LogP contribution in [0.2, 0.25) is 0 Å². The molecule has 110 valence electrons. The second-order valence-electron chi connectivity index (χ2n) is 5.03. The molecule has 0 radical (unpaired) electrons. The number of rotatable bonds is 5. The third-order valence-corrected chi connectivity index (χ3v) is 3.65. The minimum absolute atomic E-state index is 0.130. The number of aromatic nitrogens is 1. The molecule has 4 heteroatoms. The van der Waals surface area contributed by atoms with Gasteiger partial charge >= 0.3 is 5.97 Å². The lowest BCUT2D eigenvalue weighted by atomic mass is 10.0. The van der Waals surface area contributed by atoms with Crippen LogP contribution in [-0.2, 0) is 9.53 Å². The summed E-state index contributed by atoms with van der Waals surface area (Å²) in [6.07, 6.45) is 3.57. The number of ether oxygens (including phenoxy) is 1. The molecule has 0 amide bonds. The quantitative estimate of drug-likeness (QED) is 0.792. The number of likely N-dealkylation sites (N-methyl/N-ethyl adjacent to an activating group) is 1. The maximum Gasteiger partial charge on any atom is 0.319 e. The van der Waals surface area contributed by atoms with Gasteiger partial charge in [0, 0.05) is 18.4 Å². The van der Waals surface area contributed by atoms with E-state index in [9.17, 15) is 4.79 Å². The van der Waals surface area contributed by atoms with E-state index in [2.05, 4.69) is 30.1 Å². The van der Waals surface area contributed by atoms with Gasteiger partial charge in [-0.3, -0.25) is 14.7 Å². The molecule has 0 aliphatic rings. The van der Waals surface area contributed by atoms with Crippen molar-refractivity contribution in [1.82, 2.24) is 9.88 Å². The van der Waals surface area contributed by atoms with Crippen LogP contribution in [0.5, 0.6) is 0 Å². The Balaban J connectivity index is 2.19. The van der Waals surface area contributed by atoms with Crippen molar-refractivity contribution in [2.24, 2.45) is 0 Å². The first kappa shape index (κ1) is 15.2. The van der Waals surface area contributed by atoms with E-state index in [-0.39, 0.29) is 18.6 Å². The van der Waals surface area contributed by atoms with Gasteiger partial charge in [0.05, 0.1) is 13.7 Å². The highest BCUT2D eigenvalue weighted by Gasteiger charge is 2.15. The first-order valence-electron chi connectivity index (χ1n) is 6.89. The highest BCUT2D eigenvalue weighted by molar-refractivity contribution is 5.71. The van der Waals surface area contributed by atoms with Crippen LogP contribution in [0, 0.1) is 0 Å². The highest BCUT2D eigenvalue weighted by atomic mass is 16.5. The van der Waals surface area contributed by atoms with Gasteiger partial charge in [-0.25, -0.2) is 0 Å². The van der Waals surface area contributed by atoms with Crippen molar-refractivity contribution in [2.45, 2.75) is 13.0 Å². The van der Waals surface area contributed by atoms with Gasteiger partial charge in [-0.2, -0.15) is 0 Å². The van der Waals surface area contributed by atoms with Crippen LogP contribution >= 0.6 is 0 Å². The summed E-state index contributed by atoms with van der Waals surface area (Å²) >= 11 is 0. The van der Waals surface area contributed by atoms with Crippen LogP contribution in [0.4, 0.5) is 0 Å². The molecule has 0 N–H and O–H groups in total. The number of hydrogen-bond acceptors (Lipinski definition) is 4. The Hall–Kier alpha value is -2.20. The molecule has 0 fully saturated rings. The Morgan fingerprint density at radius 1 is 1.24 bits per heavy atom. The fourth-order valence-corrected chi connectivity index (χ4v) is 2.18. The first-order valence-corrected chi connectivity index (χ1v) is 6.89. The molecule has 2 aromatic rings. The predicted octanol–water partition coefficient (Wildman–Crippen LogP) is 2.91. The monoisotopic (exact) mass is 284 g/mol. The lowest BCUT2D eigenvalue weighted by Gasteiger charge is -2.24. The minimum Gasteiger partial charge on any atom is -0.468 e. The number of carbonyl (C=O) groups is 1. The zero-order chi connectivity index (χ0) is 15.2. The summed E-state index contributed by atoms with van der Waals surface area (Å²) in [5.74, 6) is -0.227. The van der Waals surface area contributed by atoms with E-state index in [1.54, 1.807) is 12.4 Å². The van der Waals surface area contributed by atoms with E-state index in [1.807, 2.05) is 30.1 Å². The average Bonchev–Trinajstić information content (AvgIpc) is 2.54. The van der Waals surface area contributed by atoms with E-state index < -0.39 is 0 Å². The predicted molar refractivity (Wildman–Crippen MR) is 82.7 cm³/mol. The summed E-state index contributed by atoms with van der Waals surface area (Å²) in [5.41, 5.74) is 3.44. The van der Waals surface area contributed by atoms with Crippen molar-refractivity contribution in [1.29, 1.82) is 0 Å². The van der Waals surface area contributed by atoms with Crippen LogP contribution in [0.15, 0.2) is 48.8 Å². The van der Waals surface area contributed by atoms with Gasteiger partial charge in [-0.05, 0) is 48.9 Å². The SMILES string of the molecule is COC(=O)CN(C)[C@H](C)c1cccc(-c2ccncc2)c1. The summed E-state index contributed by atoms with van der Waals surface area (Å²) in [6, 6.07) is 12.4. The molecule has 4 nitrogen and oxygen atoms in total. The fourth-order valence-electron chi connectivity index (χ4n) is 2.18. The van der Waals surface area contributed by atoms with Gasteiger partial charge in [0.25, 0.3) is 0 Å². The standard InChI is InChI=1S/C17H20N2O2/c1-13(19(2)12-17(20)21-3)15-5-4-6-16(11-15)14-7-9-18-10-8-14/h4-11,13H,12H2,1-3H3/t13-/m1/s1. The lowest BCUT2D eigenvalue weighted by Crippen LogP contribution is -2.29. The zero-order valence-corrected chi connectivity index (χ0v) is 12.6. The molecule has 0 saturated carbocycles. The molecule has 0 aliphatic heterocycles. The van der Waals surface area contributed by atoms with Crippen LogP contribution in [0.3, 0.4) is 0 Å². The molecular formula is C17H20N2O2. The van der Waals surface area contributed by atoms with Crippen LogP contribution in [-0.4, -0.2) is 36.6 Å². The third-order valence-electron chi connectivity index (χ3n) is 3.65. The number of esters is 1. The van der Waals surface area contributed by atoms with Gasteiger partial charge in [-0.1, -0.05) is 18.2 Å². The van der Waals surface area contributed by atoms with Gasteiger partial charge < -0.3 is 4.74 Å². The van der Waals surface area contributed by atoms with Gasteiger partial charge in [0.15, 0.2) is 0 Å². The summed E-state index contributed by atoms with van der Waals surface area (Å²) < 4.78 is 4.71. The molecule has 21 heavy (non-hydrogen) atoms. The van der Waals surface area contributed by atoms with Gasteiger partial charge in [-0.15, -0.1) is 0 Å². The first-order chi connectivity index (χ1) is 10.1. The lowest BCUT2D eigenvalue weighted by molar-refractivity contribution is -0.142. The van der Waals surface area contributed by atoms with E-state index in [1.165, 1.54) is 7.11 Å². The number of nitrogens with zero attached hydrogens (tertiary/aromatic N) is 2. The normalized spacial score (nSPS) is 12.2. The summed E-state index contributed by atoms with van der Waals surface area (Å²) in [4.78, 5) is 17.4. The molecule has 2 rings (SSSR count). The number of carbonyl (C=O) groups excluding carboxylic acids is 1. The number of methoxy groups -OCH3 is 1. The van der Waals surface area contributed by atoms with Crippen molar-refractivity contribution in [3.8, 4) is 11.1 Å². The van der Waals surface area contributed by atoms with E-state index in [0.29, 0.717) is 0 Å². The van der Waals surface area contributed by atoms with Crippen LogP contribution < -0.4 is 0 Å². The maximum absolute atomic E-state index is 11.4. The Morgan fingerprint density at radius 3 is 2.62 bits per heavy atom. The van der Waals surface area contributed by atoms with E-state index in [4.69, 9.17) is 4.74 Å². The number of benzene rings is 1. The summed E-state index contributed by atoms with van der Waals surface area (Å²) in [5, 5.41) is 0. The van der Waals surface area contributed by atoms with E-state index >= 15 is 0 Å². The van der Waals surface area contributed by atoms with Gasteiger partial charge in [0.1, 0.15) is 0 Å².